The number of phenols is 1. The molecule has 1 heterocycles. The van der Waals surface area contributed by atoms with Crippen molar-refractivity contribution in [2.45, 2.75) is 65.7 Å². The fourth-order valence-corrected chi connectivity index (χ4v) is 3.19. The molecule has 2 rings (SSSR count). The quantitative estimate of drug-likeness (QED) is 0.804. The van der Waals surface area contributed by atoms with Gasteiger partial charge in [-0.05, 0) is 47.9 Å². The molecule has 1 saturated heterocycles. The maximum Gasteiger partial charge on any atom is 0.249 e. The first-order valence-electron chi connectivity index (χ1n) is 8.83. The summed E-state index contributed by atoms with van der Waals surface area (Å²) in [4.78, 5) is 14.3. The highest BCUT2D eigenvalue weighted by atomic mass is 16.3. The van der Waals surface area contributed by atoms with E-state index in [1.54, 1.807) is 0 Å². The standard InChI is InChI=1S/C21H31NO2/c1-8-22-10-9-15(19(22)24)11-14-12-16(20(2,3)4)18(23)17(13-14)21(5,6)7/h11-13,23H,8-10H2,1-7H3/b15-11-. The lowest BCUT2D eigenvalue weighted by Gasteiger charge is -2.28. The Morgan fingerprint density at radius 2 is 1.58 bits per heavy atom. The summed E-state index contributed by atoms with van der Waals surface area (Å²) in [5.41, 5.74) is 3.41. The SMILES string of the molecule is CCN1CC/C(=C/c2cc(C(C)(C)C)c(O)c(C(C)(C)C)c2)C1=O. The van der Waals surface area contributed by atoms with E-state index < -0.39 is 0 Å². The van der Waals surface area contributed by atoms with Gasteiger partial charge in [0.25, 0.3) is 0 Å². The van der Waals surface area contributed by atoms with E-state index >= 15 is 0 Å². The van der Waals surface area contributed by atoms with Crippen LogP contribution in [0.15, 0.2) is 17.7 Å². The van der Waals surface area contributed by atoms with Crippen molar-refractivity contribution in [3.63, 3.8) is 0 Å². The van der Waals surface area contributed by atoms with Gasteiger partial charge in [-0.1, -0.05) is 41.5 Å². The molecule has 0 bridgehead atoms. The van der Waals surface area contributed by atoms with Gasteiger partial charge < -0.3 is 10.0 Å². The Bertz CT molecular complexity index is 637. The van der Waals surface area contributed by atoms with Crippen LogP contribution < -0.4 is 0 Å². The van der Waals surface area contributed by atoms with Crippen molar-refractivity contribution >= 4 is 12.0 Å². The highest BCUT2D eigenvalue weighted by Crippen LogP contribution is 2.40. The van der Waals surface area contributed by atoms with Gasteiger partial charge in [-0.15, -0.1) is 0 Å². The molecule has 132 valence electrons. The van der Waals surface area contributed by atoms with Crippen LogP contribution in [-0.2, 0) is 15.6 Å². The second-order valence-electron chi connectivity index (χ2n) is 8.77. The van der Waals surface area contributed by atoms with Crippen molar-refractivity contribution in [1.29, 1.82) is 0 Å². The van der Waals surface area contributed by atoms with Crippen molar-refractivity contribution in [3.8, 4) is 5.75 Å². The van der Waals surface area contributed by atoms with Crippen molar-refractivity contribution in [2.24, 2.45) is 0 Å². The average molecular weight is 329 g/mol. The van der Waals surface area contributed by atoms with E-state index in [-0.39, 0.29) is 16.7 Å². The third-order valence-corrected chi connectivity index (χ3v) is 4.68. The van der Waals surface area contributed by atoms with E-state index in [1.807, 2.05) is 30.0 Å². The molecule has 1 aliphatic rings. The van der Waals surface area contributed by atoms with Gasteiger partial charge in [0, 0.05) is 29.8 Å². The molecule has 0 radical (unpaired) electrons. The van der Waals surface area contributed by atoms with Crippen LogP contribution in [0.5, 0.6) is 5.75 Å². The predicted molar refractivity (Wildman–Crippen MR) is 100 cm³/mol. The second kappa shape index (κ2) is 6.27. The summed E-state index contributed by atoms with van der Waals surface area (Å²) < 4.78 is 0. The number of likely N-dealkylation sites (tertiary alicyclic amines) is 1. The Hall–Kier alpha value is -1.77. The molecule has 0 atom stereocenters. The molecular weight excluding hydrogens is 298 g/mol. The molecule has 1 aromatic rings. The number of carbonyl (C=O) groups excluding carboxylic acids is 1. The maximum absolute atomic E-state index is 12.4. The largest absolute Gasteiger partial charge is 0.507 e. The highest BCUT2D eigenvalue weighted by Gasteiger charge is 2.28. The van der Waals surface area contributed by atoms with Crippen LogP contribution in [0.4, 0.5) is 0 Å². The number of aromatic hydroxyl groups is 1. The molecule has 1 N–H and O–H groups in total. The summed E-state index contributed by atoms with van der Waals surface area (Å²) in [6, 6.07) is 4.05. The fraction of sp³-hybridized carbons (Fsp3) is 0.571. The Labute approximate surface area is 146 Å². The lowest BCUT2D eigenvalue weighted by Crippen LogP contribution is -2.24. The number of hydrogen-bond donors (Lipinski definition) is 1. The van der Waals surface area contributed by atoms with Gasteiger partial charge in [-0.3, -0.25) is 4.79 Å². The lowest BCUT2D eigenvalue weighted by molar-refractivity contribution is -0.124. The van der Waals surface area contributed by atoms with Gasteiger partial charge in [-0.2, -0.15) is 0 Å². The average Bonchev–Trinajstić information content (AvgIpc) is 2.78. The van der Waals surface area contributed by atoms with Crippen LogP contribution in [0.2, 0.25) is 0 Å². The van der Waals surface area contributed by atoms with Gasteiger partial charge in [0.2, 0.25) is 5.91 Å². The number of benzene rings is 1. The van der Waals surface area contributed by atoms with E-state index in [0.717, 1.165) is 41.8 Å². The van der Waals surface area contributed by atoms with Crippen molar-refractivity contribution in [3.05, 3.63) is 34.4 Å². The molecule has 1 aliphatic heterocycles. The van der Waals surface area contributed by atoms with Crippen molar-refractivity contribution in [1.82, 2.24) is 4.90 Å². The van der Waals surface area contributed by atoms with Crippen LogP contribution in [0.3, 0.4) is 0 Å². The minimum absolute atomic E-state index is 0.139. The van der Waals surface area contributed by atoms with Crippen LogP contribution in [0, 0.1) is 0 Å². The zero-order chi connectivity index (χ0) is 18.3. The summed E-state index contributed by atoms with van der Waals surface area (Å²) in [6.07, 6.45) is 2.80. The summed E-state index contributed by atoms with van der Waals surface area (Å²) in [6.45, 7) is 16.2. The number of likely N-dealkylation sites (N-methyl/N-ethyl adjacent to an activating group) is 1. The summed E-state index contributed by atoms with van der Waals surface area (Å²) in [5, 5.41) is 10.8. The van der Waals surface area contributed by atoms with Gasteiger partial charge in [0.1, 0.15) is 5.75 Å². The van der Waals surface area contributed by atoms with Crippen LogP contribution >= 0.6 is 0 Å². The third kappa shape index (κ3) is 3.66. The van der Waals surface area contributed by atoms with Crippen molar-refractivity contribution in [2.75, 3.05) is 13.1 Å². The second-order valence-corrected chi connectivity index (χ2v) is 8.77. The maximum atomic E-state index is 12.4. The molecule has 0 spiro atoms. The number of carbonyl (C=O) groups is 1. The number of rotatable bonds is 2. The Balaban J connectivity index is 2.58. The van der Waals surface area contributed by atoms with Crippen molar-refractivity contribution < 1.29 is 9.90 Å². The van der Waals surface area contributed by atoms with Crippen LogP contribution in [-0.4, -0.2) is 29.0 Å². The number of nitrogens with zero attached hydrogens (tertiary/aromatic N) is 1. The monoisotopic (exact) mass is 329 g/mol. The fourth-order valence-electron chi connectivity index (χ4n) is 3.19. The topological polar surface area (TPSA) is 40.5 Å². The Morgan fingerprint density at radius 1 is 1.08 bits per heavy atom. The van der Waals surface area contributed by atoms with E-state index in [2.05, 4.69) is 41.5 Å². The van der Waals surface area contributed by atoms with Gasteiger partial charge in [0.05, 0.1) is 0 Å². The van der Waals surface area contributed by atoms with Gasteiger partial charge in [-0.25, -0.2) is 0 Å². The normalized spacial score (nSPS) is 17.9. The molecule has 1 aromatic carbocycles. The molecule has 0 saturated carbocycles. The van der Waals surface area contributed by atoms with E-state index in [4.69, 9.17) is 0 Å². The molecule has 24 heavy (non-hydrogen) atoms. The number of amides is 1. The smallest absolute Gasteiger partial charge is 0.249 e. The molecule has 0 aromatic heterocycles. The first-order valence-corrected chi connectivity index (χ1v) is 8.83. The molecular formula is C21H31NO2. The zero-order valence-corrected chi connectivity index (χ0v) is 16.2. The molecule has 0 unspecified atom stereocenters. The lowest BCUT2D eigenvalue weighted by atomic mass is 9.78. The third-order valence-electron chi connectivity index (χ3n) is 4.68. The molecule has 3 nitrogen and oxygen atoms in total. The minimum Gasteiger partial charge on any atom is -0.507 e. The van der Waals surface area contributed by atoms with E-state index in [0.29, 0.717) is 5.75 Å². The Kier molecular flexibility index (Phi) is 4.85. The van der Waals surface area contributed by atoms with E-state index in [9.17, 15) is 9.90 Å². The first-order chi connectivity index (χ1) is 10.9. The summed E-state index contributed by atoms with van der Waals surface area (Å²) in [5.74, 6) is 0.519. The summed E-state index contributed by atoms with van der Waals surface area (Å²) >= 11 is 0. The van der Waals surface area contributed by atoms with Crippen LogP contribution in [0.1, 0.15) is 71.6 Å². The minimum atomic E-state index is -0.159. The number of hydrogen-bond acceptors (Lipinski definition) is 2. The molecule has 3 heteroatoms. The van der Waals surface area contributed by atoms with Gasteiger partial charge >= 0.3 is 0 Å². The predicted octanol–water partition coefficient (Wildman–Crippen LogP) is 4.62. The summed E-state index contributed by atoms with van der Waals surface area (Å²) in [7, 11) is 0. The molecule has 1 fully saturated rings. The van der Waals surface area contributed by atoms with E-state index in [1.165, 1.54) is 0 Å². The molecule has 0 aliphatic carbocycles. The molecule has 1 amide bonds. The van der Waals surface area contributed by atoms with Crippen LogP contribution in [0.25, 0.3) is 6.08 Å². The Morgan fingerprint density at radius 3 is 1.96 bits per heavy atom. The first kappa shape index (κ1) is 18.6. The zero-order valence-electron chi connectivity index (χ0n) is 16.2. The highest BCUT2D eigenvalue weighted by molar-refractivity contribution is 5.99. The number of phenolic OH excluding ortho intramolecular Hbond substituents is 1. The van der Waals surface area contributed by atoms with Gasteiger partial charge in [0.15, 0.2) is 0 Å².